The molecule has 0 bridgehead atoms. The van der Waals surface area contributed by atoms with Crippen LogP contribution in [0.5, 0.6) is 5.75 Å². The first kappa shape index (κ1) is 20.7. The van der Waals surface area contributed by atoms with Crippen molar-refractivity contribution in [3.05, 3.63) is 63.7 Å². The molecule has 1 amide bonds. The number of carbonyl (C=O) groups excluding carboxylic acids is 1. The zero-order chi connectivity index (χ0) is 20.0. The number of hydrogen-bond donors (Lipinski definition) is 1. The van der Waals surface area contributed by atoms with Gasteiger partial charge in [-0.25, -0.2) is 5.43 Å². The molecular formula is C23H30N2O2. The van der Waals surface area contributed by atoms with Gasteiger partial charge in [0.25, 0.3) is 0 Å². The Labute approximate surface area is 162 Å². The fourth-order valence-corrected chi connectivity index (χ4v) is 3.06. The zero-order valence-corrected chi connectivity index (χ0v) is 17.3. The number of aryl methyl sites for hydroxylation is 4. The average molecular weight is 367 g/mol. The Kier molecular flexibility index (Phi) is 7.17. The van der Waals surface area contributed by atoms with Crippen LogP contribution in [0.25, 0.3) is 0 Å². The summed E-state index contributed by atoms with van der Waals surface area (Å²) in [7, 11) is 0. The van der Waals surface area contributed by atoms with E-state index >= 15 is 0 Å². The maximum Gasteiger partial charge on any atom is 0.244 e. The lowest BCUT2D eigenvalue weighted by Crippen LogP contribution is -2.21. The van der Waals surface area contributed by atoms with Crippen molar-refractivity contribution in [3.8, 4) is 5.75 Å². The lowest BCUT2D eigenvalue weighted by Gasteiger charge is -2.13. The molecule has 27 heavy (non-hydrogen) atoms. The minimum Gasteiger partial charge on any atom is -0.493 e. The van der Waals surface area contributed by atoms with E-state index in [1.54, 1.807) is 0 Å². The van der Waals surface area contributed by atoms with Crippen molar-refractivity contribution in [2.24, 2.45) is 5.10 Å². The normalized spacial score (nSPS) is 11.4. The monoisotopic (exact) mass is 366 g/mol. The first-order valence-corrected chi connectivity index (χ1v) is 9.45. The van der Waals surface area contributed by atoms with E-state index in [9.17, 15) is 4.79 Å². The van der Waals surface area contributed by atoms with Crippen LogP contribution < -0.4 is 10.2 Å². The molecule has 0 aliphatic rings. The van der Waals surface area contributed by atoms with Crippen LogP contribution in [-0.4, -0.2) is 18.2 Å². The standard InChI is InChI=1S/C23H30N2O2/c1-7-10-27-23-17(4)12-21(13-18(23)5)19(6)24-25-22(26)14-20-9-8-15(2)11-16(20)3/h8-9,11-13H,7,10,14H2,1-6H3,(H,25,26)/b24-19-. The third-order valence-electron chi connectivity index (χ3n) is 4.53. The largest absolute Gasteiger partial charge is 0.493 e. The number of benzene rings is 2. The van der Waals surface area contributed by atoms with Gasteiger partial charge in [0.05, 0.1) is 18.7 Å². The summed E-state index contributed by atoms with van der Waals surface area (Å²) in [5.41, 5.74) is 9.94. The van der Waals surface area contributed by atoms with E-state index in [2.05, 4.69) is 23.5 Å². The van der Waals surface area contributed by atoms with Crippen molar-refractivity contribution in [1.82, 2.24) is 5.43 Å². The molecule has 0 spiro atoms. The molecule has 0 fully saturated rings. The fourth-order valence-electron chi connectivity index (χ4n) is 3.06. The maximum absolute atomic E-state index is 12.3. The molecule has 2 aromatic carbocycles. The Morgan fingerprint density at radius 1 is 1.04 bits per heavy atom. The lowest BCUT2D eigenvalue weighted by molar-refractivity contribution is -0.120. The predicted octanol–water partition coefficient (Wildman–Crippen LogP) is 4.79. The third-order valence-corrected chi connectivity index (χ3v) is 4.53. The average Bonchev–Trinajstić information content (AvgIpc) is 2.61. The Hall–Kier alpha value is -2.62. The van der Waals surface area contributed by atoms with Crippen molar-refractivity contribution >= 4 is 11.6 Å². The molecule has 0 radical (unpaired) electrons. The zero-order valence-electron chi connectivity index (χ0n) is 17.3. The van der Waals surface area contributed by atoms with Crippen LogP contribution in [0.3, 0.4) is 0 Å². The topological polar surface area (TPSA) is 50.7 Å². The third kappa shape index (κ3) is 5.68. The second-order valence-electron chi connectivity index (χ2n) is 7.13. The molecule has 0 saturated heterocycles. The van der Waals surface area contributed by atoms with Crippen molar-refractivity contribution in [3.63, 3.8) is 0 Å². The molecule has 4 nitrogen and oxygen atoms in total. The van der Waals surface area contributed by atoms with E-state index in [0.29, 0.717) is 13.0 Å². The highest BCUT2D eigenvalue weighted by Crippen LogP contribution is 2.25. The molecule has 0 aromatic heterocycles. The lowest BCUT2D eigenvalue weighted by atomic mass is 10.0. The van der Waals surface area contributed by atoms with E-state index in [0.717, 1.165) is 45.7 Å². The second-order valence-corrected chi connectivity index (χ2v) is 7.13. The van der Waals surface area contributed by atoms with Crippen LogP contribution in [0.4, 0.5) is 0 Å². The van der Waals surface area contributed by atoms with E-state index < -0.39 is 0 Å². The number of nitrogens with one attached hydrogen (secondary N) is 1. The fraction of sp³-hybridized carbons (Fsp3) is 0.391. The summed E-state index contributed by atoms with van der Waals surface area (Å²) in [6.45, 7) is 12.9. The van der Waals surface area contributed by atoms with E-state index in [4.69, 9.17) is 4.74 Å². The number of ether oxygens (including phenoxy) is 1. The number of rotatable bonds is 7. The minimum absolute atomic E-state index is 0.113. The minimum atomic E-state index is -0.113. The van der Waals surface area contributed by atoms with Gasteiger partial charge >= 0.3 is 0 Å². The van der Waals surface area contributed by atoms with Crippen LogP contribution in [0.2, 0.25) is 0 Å². The van der Waals surface area contributed by atoms with E-state index in [1.165, 1.54) is 5.56 Å². The molecule has 0 unspecified atom stereocenters. The quantitative estimate of drug-likeness (QED) is 0.566. The number of amides is 1. The van der Waals surface area contributed by atoms with Gasteiger partial charge in [0.15, 0.2) is 0 Å². The van der Waals surface area contributed by atoms with Crippen LogP contribution >= 0.6 is 0 Å². The predicted molar refractivity (Wildman–Crippen MR) is 112 cm³/mol. The highest BCUT2D eigenvalue weighted by molar-refractivity contribution is 5.99. The molecule has 0 atom stereocenters. The van der Waals surface area contributed by atoms with Crippen LogP contribution in [0, 0.1) is 27.7 Å². The van der Waals surface area contributed by atoms with E-state index in [1.807, 2.05) is 58.9 Å². The summed E-state index contributed by atoms with van der Waals surface area (Å²) < 4.78 is 5.83. The van der Waals surface area contributed by atoms with Crippen molar-refractivity contribution in [2.45, 2.75) is 54.4 Å². The Morgan fingerprint density at radius 2 is 1.70 bits per heavy atom. The summed E-state index contributed by atoms with van der Waals surface area (Å²) in [6.07, 6.45) is 1.30. The first-order valence-electron chi connectivity index (χ1n) is 9.45. The van der Waals surface area contributed by atoms with Crippen molar-refractivity contribution in [2.75, 3.05) is 6.61 Å². The molecule has 0 aliphatic carbocycles. The molecule has 1 N–H and O–H groups in total. The highest BCUT2D eigenvalue weighted by Gasteiger charge is 2.09. The van der Waals surface area contributed by atoms with Crippen LogP contribution in [0.15, 0.2) is 35.4 Å². The summed E-state index contributed by atoms with van der Waals surface area (Å²) in [6, 6.07) is 10.2. The van der Waals surface area contributed by atoms with Gasteiger partial charge in [0, 0.05) is 0 Å². The Morgan fingerprint density at radius 3 is 2.30 bits per heavy atom. The number of hydrogen-bond acceptors (Lipinski definition) is 3. The summed E-state index contributed by atoms with van der Waals surface area (Å²) in [5.74, 6) is 0.824. The SMILES string of the molecule is CCCOc1c(C)cc(/C(C)=N\NC(=O)Cc2ccc(C)cc2C)cc1C. The molecular weight excluding hydrogens is 336 g/mol. The Balaban J connectivity index is 2.07. The van der Waals surface area contributed by atoms with Crippen LogP contribution in [-0.2, 0) is 11.2 Å². The van der Waals surface area contributed by atoms with Gasteiger partial charge in [0.1, 0.15) is 5.75 Å². The molecule has 0 aliphatic heterocycles. The number of carbonyl (C=O) groups is 1. The van der Waals surface area contributed by atoms with Crippen molar-refractivity contribution < 1.29 is 9.53 Å². The van der Waals surface area contributed by atoms with Gasteiger partial charge < -0.3 is 4.74 Å². The molecule has 2 aromatic rings. The Bertz CT molecular complexity index is 830. The summed E-state index contributed by atoms with van der Waals surface area (Å²) >= 11 is 0. The van der Waals surface area contributed by atoms with Crippen LogP contribution in [0.1, 0.15) is 53.6 Å². The van der Waals surface area contributed by atoms with Gasteiger partial charge in [-0.3, -0.25) is 4.79 Å². The second kappa shape index (κ2) is 9.36. The molecule has 144 valence electrons. The van der Waals surface area contributed by atoms with Gasteiger partial charge in [-0.15, -0.1) is 0 Å². The van der Waals surface area contributed by atoms with Gasteiger partial charge in [-0.2, -0.15) is 5.10 Å². The van der Waals surface area contributed by atoms with Gasteiger partial charge in [-0.05, 0) is 81.0 Å². The maximum atomic E-state index is 12.3. The molecule has 2 rings (SSSR count). The smallest absolute Gasteiger partial charge is 0.244 e. The first-order chi connectivity index (χ1) is 12.8. The molecule has 0 saturated carbocycles. The van der Waals surface area contributed by atoms with Gasteiger partial charge in [0.2, 0.25) is 5.91 Å². The van der Waals surface area contributed by atoms with Crippen molar-refractivity contribution in [1.29, 1.82) is 0 Å². The molecule has 0 heterocycles. The molecule has 4 heteroatoms. The number of nitrogens with zero attached hydrogens (tertiary/aromatic N) is 1. The summed E-state index contributed by atoms with van der Waals surface area (Å²) in [5, 5.41) is 4.29. The summed E-state index contributed by atoms with van der Waals surface area (Å²) in [4.78, 5) is 12.3. The van der Waals surface area contributed by atoms with Gasteiger partial charge in [-0.1, -0.05) is 30.7 Å². The highest BCUT2D eigenvalue weighted by atomic mass is 16.5. The van der Waals surface area contributed by atoms with E-state index in [-0.39, 0.29) is 5.91 Å². The number of hydrazone groups is 1.